The molecule has 1 fully saturated rings. The van der Waals surface area contributed by atoms with E-state index in [1.54, 1.807) is 0 Å². The number of aromatic amines is 2. The zero-order valence-electron chi connectivity index (χ0n) is 15.4. The third-order valence-corrected chi connectivity index (χ3v) is 5.24. The summed E-state index contributed by atoms with van der Waals surface area (Å²) < 4.78 is 0. The Labute approximate surface area is 160 Å². The van der Waals surface area contributed by atoms with Gasteiger partial charge in [-0.15, -0.1) is 0 Å². The number of H-pyrrole nitrogens is 2. The highest BCUT2D eigenvalue weighted by atomic mass is 16.2. The van der Waals surface area contributed by atoms with Crippen molar-refractivity contribution in [1.82, 2.24) is 25.2 Å². The Balaban J connectivity index is 1.45. The van der Waals surface area contributed by atoms with Crippen LogP contribution in [0, 0.1) is 0 Å². The number of nitrogens with one attached hydrogen (secondary N) is 3. The van der Waals surface area contributed by atoms with Gasteiger partial charge in [0, 0.05) is 31.4 Å². The molecule has 0 bridgehead atoms. The van der Waals surface area contributed by atoms with Crippen LogP contribution in [0.15, 0.2) is 52.2 Å². The summed E-state index contributed by atoms with van der Waals surface area (Å²) in [6, 6.07) is 12.0. The minimum absolute atomic E-state index is 0.0308. The fraction of sp³-hybridized carbons (Fsp3) is 0.300. The molecule has 0 aliphatic carbocycles. The smallest absolute Gasteiger partial charge is 0.327 e. The van der Waals surface area contributed by atoms with Crippen LogP contribution in [-0.4, -0.2) is 44.9 Å². The number of benzene rings is 1. The molecule has 8 nitrogen and oxygen atoms in total. The number of pyridine rings is 1. The van der Waals surface area contributed by atoms with E-state index in [0.29, 0.717) is 5.56 Å². The highest BCUT2D eigenvalue weighted by molar-refractivity contribution is 5.96. The van der Waals surface area contributed by atoms with Crippen molar-refractivity contribution in [2.75, 3.05) is 13.1 Å². The number of likely N-dealkylation sites (tertiary alicyclic amines) is 1. The van der Waals surface area contributed by atoms with Crippen LogP contribution in [-0.2, 0) is 0 Å². The van der Waals surface area contributed by atoms with Crippen LogP contribution in [0.3, 0.4) is 0 Å². The van der Waals surface area contributed by atoms with Crippen LogP contribution in [0.4, 0.5) is 0 Å². The van der Waals surface area contributed by atoms with Gasteiger partial charge in [-0.05, 0) is 25.0 Å². The third-order valence-electron chi connectivity index (χ3n) is 5.24. The molecule has 1 saturated heterocycles. The van der Waals surface area contributed by atoms with Gasteiger partial charge in [-0.25, -0.2) is 9.78 Å². The molecule has 4 rings (SSSR count). The summed E-state index contributed by atoms with van der Waals surface area (Å²) in [6.45, 7) is 3.83. The lowest BCUT2D eigenvalue weighted by Gasteiger charge is -2.24. The standard InChI is InChI=1S/C20H21N5O3/c1-12(13-5-3-2-4-6-13)25-8-7-15(11-25)22-18(26)14-9-16-17(21-10-14)23-20(28)24-19(16)27/h2-6,9-10,12,15H,7-8,11H2,1H3,(H,22,26)(H2,21,23,24,27,28). The Morgan fingerprint density at radius 3 is 2.82 bits per heavy atom. The molecule has 144 valence electrons. The van der Waals surface area contributed by atoms with Crippen LogP contribution in [0.5, 0.6) is 0 Å². The Morgan fingerprint density at radius 1 is 1.25 bits per heavy atom. The molecule has 0 saturated carbocycles. The summed E-state index contributed by atoms with van der Waals surface area (Å²) in [5.74, 6) is -0.279. The van der Waals surface area contributed by atoms with E-state index < -0.39 is 11.2 Å². The second kappa shape index (κ2) is 7.40. The van der Waals surface area contributed by atoms with Crippen molar-refractivity contribution in [3.05, 3.63) is 74.6 Å². The number of hydrogen-bond donors (Lipinski definition) is 3. The molecule has 8 heteroatoms. The van der Waals surface area contributed by atoms with Crippen molar-refractivity contribution in [3.8, 4) is 0 Å². The molecule has 1 aliphatic rings. The van der Waals surface area contributed by atoms with Gasteiger partial charge in [0.05, 0.1) is 10.9 Å². The third kappa shape index (κ3) is 3.59. The summed E-state index contributed by atoms with van der Waals surface area (Å²) in [6.07, 6.45) is 2.23. The van der Waals surface area contributed by atoms with Gasteiger partial charge in [-0.2, -0.15) is 0 Å². The molecule has 2 aromatic heterocycles. The van der Waals surface area contributed by atoms with Gasteiger partial charge in [0.25, 0.3) is 11.5 Å². The SMILES string of the molecule is CC(c1ccccc1)N1CCC(NC(=O)c2cnc3[nH]c(=O)[nH]c(=O)c3c2)C1. The quantitative estimate of drug-likeness (QED) is 0.630. The van der Waals surface area contributed by atoms with Gasteiger partial charge in [-0.1, -0.05) is 30.3 Å². The fourth-order valence-electron chi connectivity index (χ4n) is 3.64. The molecule has 28 heavy (non-hydrogen) atoms. The lowest BCUT2D eigenvalue weighted by Crippen LogP contribution is -2.37. The molecule has 1 aliphatic heterocycles. The molecule has 1 amide bonds. The predicted molar refractivity (Wildman–Crippen MR) is 105 cm³/mol. The van der Waals surface area contributed by atoms with E-state index in [1.807, 2.05) is 18.2 Å². The lowest BCUT2D eigenvalue weighted by molar-refractivity contribution is 0.0936. The zero-order chi connectivity index (χ0) is 19.7. The molecule has 3 N–H and O–H groups in total. The first-order valence-electron chi connectivity index (χ1n) is 9.23. The first kappa shape index (κ1) is 18.1. The summed E-state index contributed by atoms with van der Waals surface area (Å²) >= 11 is 0. The van der Waals surface area contributed by atoms with E-state index in [0.717, 1.165) is 19.5 Å². The molecule has 0 spiro atoms. The number of nitrogens with zero attached hydrogens (tertiary/aromatic N) is 2. The summed E-state index contributed by atoms with van der Waals surface area (Å²) in [5, 5.41) is 3.20. The average molecular weight is 379 g/mol. The zero-order valence-corrected chi connectivity index (χ0v) is 15.4. The molecule has 2 unspecified atom stereocenters. The van der Waals surface area contributed by atoms with E-state index in [1.165, 1.54) is 17.8 Å². The first-order chi connectivity index (χ1) is 13.5. The number of carbonyl (C=O) groups is 1. The fourth-order valence-corrected chi connectivity index (χ4v) is 3.64. The van der Waals surface area contributed by atoms with E-state index in [2.05, 4.69) is 44.2 Å². The van der Waals surface area contributed by atoms with Crippen LogP contribution in [0.25, 0.3) is 11.0 Å². The van der Waals surface area contributed by atoms with E-state index in [-0.39, 0.29) is 29.0 Å². The van der Waals surface area contributed by atoms with Gasteiger partial charge in [0.2, 0.25) is 0 Å². The van der Waals surface area contributed by atoms with E-state index in [4.69, 9.17) is 0 Å². The van der Waals surface area contributed by atoms with Gasteiger partial charge in [-0.3, -0.25) is 24.5 Å². The largest absolute Gasteiger partial charge is 0.348 e. The Morgan fingerprint density at radius 2 is 2.04 bits per heavy atom. The number of fused-ring (bicyclic) bond motifs is 1. The molecular weight excluding hydrogens is 358 g/mol. The maximum atomic E-state index is 12.6. The first-order valence-corrected chi connectivity index (χ1v) is 9.23. The second-order valence-electron chi connectivity index (χ2n) is 7.07. The van der Waals surface area contributed by atoms with Crippen molar-refractivity contribution < 1.29 is 4.79 Å². The second-order valence-corrected chi connectivity index (χ2v) is 7.07. The van der Waals surface area contributed by atoms with Crippen molar-refractivity contribution in [3.63, 3.8) is 0 Å². The summed E-state index contributed by atoms with van der Waals surface area (Å²) in [5.41, 5.74) is 0.514. The van der Waals surface area contributed by atoms with Crippen molar-refractivity contribution >= 4 is 16.9 Å². The number of amides is 1. The van der Waals surface area contributed by atoms with Crippen LogP contribution < -0.4 is 16.6 Å². The van der Waals surface area contributed by atoms with Crippen molar-refractivity contribution in [1.29, 1.82) is 0 Å². The van der Waals surface area contributed by atoms with Crippen molar-refractivity contribution in [2.45, 2.75) is 25.4 Å². The van der Waals surface area contributed by atoms with E-state index >= 15 is 0 Å². The minimum atomic E-state index is -0.624. The number of aromatic nitrogens is 3. The predicted octanol–water partition coefficient (Wildman–Crippen LogP) is 1.18. The van der Waals surface area contributed by atoms with Crippen LogP contribution >= 0.6 is 0 Å². The number of rotatable bonds is 4. The molecule has 3 aromatic rings. The molecule has 3 heterocycles. The molecular formula is C20H21N5O3. The van der Waals surface area contributed by atoms with Gasteiger partial charge in [0.15, 0.2) is 0 Å². The maximum absolute atomic E-state index is 12.6. The molecule has 2 atom stereocenters. The highest BCUT2D eigenvalue weighted by Gasteiger charge is 2.28. The number of hydrogen-bond acceptors (Lipinski definition) is 5. The topological polar surface area (TPSA) is 111 Å². The summed E-state index contributed by atoms with van der Waals surface area (Å²) in [4.78, 5) is 46.8. The molecule has 0 radical (unpaired) electrons. The van der Waals surface area contributed by atoms with Gasteiger partial charge in [0.1, 0.15) is 5.65 Å². The highest BCUT2D eigenvalue weighted by Crippen LogP contribution is 2.24. The monoisotopic (exact) mass is 379 g/mol. The average Bonchev–Trinajstić information content (AvgIpc) is 3.16. The van der Waals surface area contributed by atoms with Gasteiger partial charge < -0.3 is 5.32 Å². The van der Waals surface area contributed by atoms with Gasteiger partial charge >= 0.3 is 5.69 Å². The van der Waals surface area contributed by atoms with Crippen LogP contribution in [0.1, 0.15) is 35.3 Å². The maximum Gasteiger partial charge on any atom is 0.327 e. The van der Waals surface area contributed by atoms with Crippen molar-refractivity contribution in [2.24, 2.45) is 0 Å². The normalized spacial score (nSPS) is 18.2. The summed E-state index contributed by atoms with van der Waals surface area (Å²) in [7, 11) is 0. The Bertz CT molecular complexity index is 1120. The lowest BCUT2D eigenvalue weighted by atomic mass is 10.1. The Hall–Kier alpha value is -3.26. The molecule has 1 aromatic carbocycles. The van der Waals surface area contributed by atoms with E-state index in [9.17, 15) is 14.4 Å². The van der Waals surface area contributed by atoms with Crippen LogP contribution in [0.2, 0.25) is 0 Å². The Kier molecular flexibility index (Phi) is 4.79. The number of carbonyl (C=O) groups excluding carboxylic acids is 1. The minimum Gasteiger partial charge on any atom is -0.348 e.